The lowest BCUT2D eigenvalue weighted by molar-refractivity contribution is -0.141. The first-order valence-electron chi connectivity index (χ1n) is 9.93. The van der Waals surface area contributed by atoms with Gasteiger partial charge in [0.2, 0.25) is 11.8 Å². The van der Waals surface area contributed by atoms with Gasteiger partial charge in [-0.05, 0) is 24.7 Å². The third-order valence-electron chi connectivity index (χ3n) is 6.27. The van der Waals surface area contributed by atoms with Crippen LogP contribution in [0, 0.1) is 11.8 Å². The molecule has 2 unspecified atom stereocenters. The summed E-state index contributed by atoms with van der Waals surface area (Å²) in [5.74, 6) is 1.73. The number of hydrogen-bond donors (Lipinski definition) is 1. The number of piperazine rings is 1. The fraction of sp³-hybridized carbons (Fsp3) is 0.895. The molecule has 3 aliphatic rings. The van der Waals surface area contributed by atoms with Gasteiger partial charge in [-0.1, -0.05) is 39.0 Å². The molecule has 144 valence electrons. The van der Waals surface area contributed by atoms with E-state index in [0.717, 1.165) is 44.9 Å². The lowest BCUT2D eigenvalue weighted by Crippen LogP contribution is -2.57. The second-order valence-corrected chi connectivity index (χ2v) is 7.98. The molecule has 2 saturated heterocycles. The number of carbonyl (C=O) groups excluding carboxylic acids is 2. The molecule has 1 aliphatic carbocycles. The zero-order valence-corrected chi connectivity index (χ0v) is 16.4. The van der Waals surface area contributed by atoms with E-state index in [1.807, 2.05) is 9.80 Å². The van der Waals surface area contributed by atoms with Crippen LogP contribution in [-0.2, 0) is 9.59 Å². The van der Waals surface area contributed by atoms with Crippen LogP contribution in [0.3, 0.4) is 0 Å². The number of piperidine rings is 1. The van der Waals surface area contributed by atoms with Gasteiger partial charge in [0.05, 0.1) is 6.54 Å². The Balaban J connectivity index is 0.00000225. The molecule has 25 heavy (non-hydrogen) atoms. The Morgan fingerprint density at radius 3 is 2.64 bits per heavy atom. The molecule has 2 atom stereocenters. The van der Waals surface area contributed by atoms with Gasteiger partial charge in [0.15, 0.2) is 0 Å². The summed E-state index contributed by atoms with van der Waals surface area (Å²) < 4.78 is 0. The SMILES string of the molecule is CC(CC(=O)N1CCCC(N2CCNCC2=O)C1)C1CCCCC1.Cl. The summed E-state index contributed by atoms with van der Waals surface area (Å²) in [5.41, 5.74) is 0. The van der Waals surface area contributed by atoms with Crippen LogP contribution < -0.4 is 5.32 Å². The van der Waals surface area contributed by atoms with Crippen molar-refractivity contribution in [1.82, 2.24) is 15.1 Å². The predicted molar refractivity (Wildman–Crippen MR) is 102 cm³/mol. The van der Waals surface area contributed by atoms with Gasteiger partial charge < -0.3 is 15.1 Å². The zero-order chi connectivity index (χ0) is 16.9. The normalized spacial score (nSPS) is 26.9. The second kappa shape index (κ2) is 9.77. The minimum Gasteiger partial charge on any atom is -0.341 e. The van der Waals surface area contributed by atoms with E-state index in [1.165, 1.54) is 32.1 Å². The molecule has 0 radical (unpaired) electrons. The van der Waals surface area contributed by atoms with Crippen LogP contribution in [0.4, 0.5) is 0 Å². The molecule has 2 heterocycles. The Kier molecular flexibility index (Phi) is 8.01. The number of halogens is 1. The van der Waals surface area contributed by atoms with Gasteiger partial charge in [-0.15, -0.1) is 12.4 Å². The van der Waals surface area contributed by atoms with Crippen molar-refractivity contribution >= 4 is 24.2 Å². The third kappa shape index (κ3) is 5.33. The van der Waals surface area contributed by atoms with E-state index in [1.54, 1.807) is 0 Å². The zero-order valence-electron chi connectivity index (χ0n) is 15.5. The van der Waals surface area contributed by atoms with Crippen molar-refractivity contribution in [2.24, 2.45) is 11.8 Å². The Hall–Kier alpha value is -0.810. The largest absolute Gasteiger partial charge is 0.341 e. The molecule has 0 aromatic rings. The van der Waals surface area contributed by atoms with Crippen molar-refractivity contribution in [3.05, 3.63) is 0 Å². The van der Waals surface area contributed by atoms with Crippen LogP contribution in [0.2, 0.25) is 0 Å². The molecule has 3 fully saturated rings. The number of nitrogens with one attached hydrogen (secondary N) is 1. The average molecular weight is 372 g/mol. The number of amides is 2. The number of hydrogen-bond acceptors (Lipinski definition) is 3. The molecule has 5 nitrogen and oxygen atoms in total. The van der Waals surface area contributed by atoms with Gasteiger partial charge in [0.25, 0.3) is 0 Å². The maximum absolute atomic E-state index is 12.8. The first-order valence-corrected chi connectivity index (χ1v) is 9.93. The number of nitrogens with zero attached hydrogens (tertiary/aromatic N) is 2. The lowest BCUT2D eigenvalue weighted by atomic mass is 9.79. The highest BCUT2D eigenvalue weighted by molar-refractivity contribution is 5.85. The predicted octanol–water partition coefficient (Wildman–Crippen LogP) is 2.44. The van der Waals surface area contributed by atoms with E-state index in [9.17, 15) is 9.59 Å². The van der Waals surface area contributed by atoms with Crippen molar-refractivity contribution in [2.45, 2.75) is 64.3 Å². The third-order valence-corrected chi connectivity index (χ3v) is 6.27. The van der Waals surface area contributed by atoms with Crippen molar-refractivity contribution in [3.8, 4) is 0 Å². The fourth-order valence-electron chi connectivity index (χ4n) is 4.72. The van der Waals surface area contributed by atoms with E-state index in [2.05, 4.69) is 12.2 Å². The van der Waals surface area contributed by atoms with Gasteiger partial charge in [0.1, 0.15) is 0 Å². The summed E-state index contributed by atoms with van der Waals surface area (Å²) in [5, 5.41) is 3.13. The molecule has 1 N–H and O–H groups in total. The molecule has 0 spiro atoms. The summed E-state index contributed by atoms with van der Waals surface area (Å²) in [6, 6.07) is 0.224. The highest BCUT2D eigenvalue weighted by atomic mass is 35.5. The van der Waals surface area contributed by atoms with E-state index in [-0.39, 0.29) is 24.4 Å². The lowest BCUT2D eigenvalue weighted by Gasteiger charge is -2.41. The maximum atomic E-state index is 12.8. The molecule has 0 bridgehead atoms. The molecule has 2 aliphatic heterocycles. The van der Waals surface area contributed by atoms with Gasteiger partial charge in [-0.25, -0.2) is 0 Å². The molecule has 0 aromatic heterocycles. The second-order valence-electron chi connectivity index (χ2n) is 7.98. The Morgan fingerprint density at radius 2 is 1.92 bits per heavy atom. The highest BCUT2D eigenvalue weighted by Gasteiger charge is 2.32. The first-order chi connectivity index (χ1) is 11.6. The van der Waals surface area contributed by atoms with Crippen LogP contribution in [0.5, 0.6) is 0 Å². The van der Waals surface area contributed by atoms with Crippen LogP contribution in [0.1, 0.15) is 58.3 Å². The highest BCUT2D eigenvalue weighted by Crippen LogP contribution is 2.32. The molecule has 0 aromatic carbocycles. The van der Waals surface area contributed by atoms with Crippen LogP contribution in [-0.4, -0.2) is 60.4 Å². The first kappa shape index (κ1) is 20.5. The van der Waals surface area contributed by atoms with Gasteiger partial charge in [-0.3, -0.25) is 9.59 Å². The standard InChI is InChI=1S/C19H33N3O2.ClH/c1-15(16-6-3-2-4-7-16)12-18(23)21-10-5-8-17(14-21)22-11-9-20-13-19(22)24;/h15-17,20H,2-14H2,1H3;1H. The van der Waals surface area contributed by atoms with Gasteiger partial charge in [-0.2, -0.15) is 0 Å². The van der Waals surface area contributed by atoms with Gasteiger partial charge in [0, 0.05) is 38.6 Å². The number of likely N-dealkylation sites (tertiary alicyclic amines) is 1. The minimum atomic E-state index is 0. The van der Waals surface area contributed by atoms with Gasteiger partial charge >= 0.3 is 0 Å². The van der Waals surface area contributed by atoms with E-state index in [0.29, 0.717) is 24.8 Å². The summed E-state index contributed by atoms with van der Waals surface area (Å²) >= 11 is 0. The van der Waals surface area contributed by atoms with Crippen LogP contribution in [0.25, 0.3) is 0 Å². The van der Waals surface area contributed by atoms with Crippen LogP contribution >= 0.6 is 12.4 Å². The molecule has 3 rings (SSSR count). The Labute approximate surface area is 158 Å². The molecular formula is C19H34ClN3O2. The molecule has 1 saturated carbocycles. The van der Waals surface area contributed by atoms with E-state index in [4.69, 9.17) is 0 Å². The van der Waals surface area contributed by atoms with Crippen LogP contribution in [0.15, 0.2) is 0 Å². The smallest absolute Gasteiger partial charge is 0.236 e. The van der Waals surface area contributed by atoms with Crippen molar-refractivity contribution < 1.29 is 9.59 Å². The summed E-state index contributed by atoms with van der Waals surface area (Å²) in [6.07, 6.45) is 9.37. The summed E-state index contributed by atoms with van der Waals surface area (Å²) in [7, 11) is 0. The Morgan fingerprint density at radius 1 is 1.16 bits per heavy atom. The van der Waals surface area contributed by atoms with Crippen molar-refractivity contribution in [2.75, 3.05) is 32.7 Å². The van der Waals surface area contributed by atoms with E-state index < -0.39 is 0 Å². The topological polar surface area (TPSA) is 52.7 Å². The maximum Gasteiger partial charge on any atom is 0.236 e. The summed E-state index contributed by atoms with van der Waals surface area (Å²) in [4.78, 5) is 28.9. The molecule has 6 heteroatoms. The molecule has 2 amide bonds. The van der Waals surface area contributed by atoms with Crippen molar-refractivity contribution in [3.63, 3.8) is 0 Å². The Bertz CT molecular complexity index is 454. The van der Waals surface area contributed by atoms with E-state index >= 15 is 0 Å². The quantitative estimate of drug-likeness (QED) is 0.825. The number of rotatable bonds is 4. The number of carbonyl (C=O) groups is 2. The monoisotopic (exact) mass is 371 g/mol. The minimum absolute atomic E-state index is 0. The molecular weight excluding hydrogens is 338 g/mol. The average Bonchev–Trinajstić information content (AvgIpc) is 2.63. The van der Waals surface area contributed by atoms with Crippen molar-refractivity contribution in [1.29, 1.82) is 0 Å². The summed E-state index contributed by atoms with van der Waals surface area (Å²) in [6.45, 7) is 5.96. The fourth-order valence-corrected chi connectivity index (χ4v) is 4.72.